The van der Waals surface area contributed by atoms with Crippen LogP contribution in [0.5, 0.6) is 0 Å². The number of amides is 2. The molecule has 0 bridgehead atoms. The number of benzene rings is 1. The Labute approximate surface area is 198 Å². The van der Waals surface area contributed by atoms with Crippen LogP contribution in [0.15, 0.2) is 48.7 Å². The van der Waals surface area contributed by atoms with Gasteiger partial charge in [-0.25, -0.2) is 0 Å². The number of piperidine rings is 1. The minimum atomic E-state index is -0.500. The Morgan fingerprint density at radius 3 is 2.76 bits per heavy atom. The van der Waals surface area contributed by atoms with E-state index >= 15 is 0 Å². The molecule has 1 aromatic carbocycles. The number of rotatable bonds is 4. The van der Waals surface area contributed by atoms with E-state index in [1.807, 2.05) is 62.9 Å². The van der Waals surface area contributed by atoms with Gasteiger partial charge in [0, 0.05) is 50.5 Å². The van der Waals surface area contributed by atoms with Crippen molar-refractivity contribution in [3.05, 3.63) is 65.6 Å². The Hall–Kier alpha value is -3.26. The zero-order valence-electron chi connectivity index (χ0n) is 19.2. The van der Waals surface area contributed by atoms with Gasteiger partial charge in [-0.1, -0.05) is 24.3 Å². The van der Waals surface area contributed by atoms with E-state index in [1.54, 1.807) is 0 Å². The summed E-state index contributed by atoms with van der Waals surface area (Å²) < 4.78 is 7.68. The van der Waals surface area contributed by atoms with Gasteiger partial charge in [-0.2, -0.15) is 0 Å². The van der Waals surface area contributed by atoms with Gasteiger partial charge >= 0.3 is 0 Å². The minimum Gasteiger partial charge on any atom is -0.381 e. The molecule has 0 aliphatic carbocycles. The first kappa shape index (κ1) is 21.3. The summed E-state index contributed by atoms with van der Waals surface area (Å²) in [6, 6.07) is 13.7. The van der Waals surface area contributed by atoms with Crippen LogP contribution < -0.4 is 0 Å². The van der Waals surface area contributed by atoms with Crippen LogP contribution >= 0.6 is 0 Å². The normalized spacial score (nSPS) is 22.2. The zero-order chi connectivity index (χ0) is 23.1. The zero-order valence-corrected chi connectivity index (χ0v) is 19.2. The Morgan fingerprint density at radius 2 is 1.91 bits per heavy atom. The van der Waals surface area contributed by atoms with Crippen molar-refractivity contribution in [1.29, 1.82) is 0 Å². The third kappa shape index (κ3) is 3.57. The van der Waals surface area contributed by atoms with E-state index in [0.29, 0.717) is 45.6 Å². The highest BCUT2D eigenvalue weighted by Gasteiger charge is 2.47. The maximum atomic E-state index is 13.7. The minimum absolute atomic E-state index is 0.0387. The second kappa shape index (κ2) is 8.51. The van der Waals surface area contributed by atoms with E-state index in [0.717, 1.165) is 42.0 Å². The SMILES string of the molecule is O=C(CC1(N2Cc3ccccc3C2=O)CCOCC1)N1CCCC(c2nnc3ccccn23)C1. The van der Waals surface area contributed by atoms with E-state index in [9.17, 15) is 9.59 Å². The molecular formula is C26H29N5O3. The van der Waals surface area contributed by atoms with Crippen LogP contribution in [0.4, 0.5) is 0 Å². The molecule has 3 aliphatic heterocycles. The molecule has 1 atom stereocenters. The van der Waals surface area contributed by atoms with E-state index in [1.165, 1.54) is 0 Å². The Kier molecular flexibility index (Phi) is 5.32. The third-order valence-electron chi connectivity index (χ3n) is 7.78. The van der Waals surface area contributed by atoms with Gasteiger partial charge < -0.3 is 14.5 Å². The predicted octanol–water partition coefficient (Wildman–Crippen LogP) is 3.03. The summed E-state index contributed by atoms with van der Waals surface area (Å²) in [5.41, 5.74) is 2.13. The number of fused-ring (bicyclic) bond motifs is 2. The number of aromatic nitrogens is 3. The van der Waals surface area contributed by atoms with Gasteiger partial charge in [0.2, 0.25) is 5.91 Å². The van der Waals surface area contributed by atoms with Gasteiger partial charge in [0.05, 0.1) is 12.0 Å². The molecule has 8 nitrogen and oxygen atoms in total. The number of pyridine rings is 1. The molecule has 0 radical (unpaired) electrons. The number of nitrogens with zero attached hydrogens (tertiary/aromatic N) is 5. The second-order valence-electron chi connectivity index (χ2n) is 9.73. The summed E-state index contributed by atoms with van der Waals surface area (Å²) in [6.45, 7) is 3.09. The molecule has 5 heterocycles. The van der Waals surface area contributed by atoms with Crippen molar-refractivity contribution < 1.29 is 14.3 Å². The lowest BCUT2D eigenvalue weighted by molar-refractivity contribution is -0.137. The molecule has 0 spiro atoms. The van der Waals surface area contributed by atoms with Crippen molar-refractivity contribution in [1.82, 2.24) is 24.4 Å². The van der Waals surface area contributed by atoms with Crippen molar-refractivity contribution >= 4 is 17.5 Å². The van der Waals surface area contributed by atoms with E-state index in [4.69, 9.17) is 4.74 Å². The van der Waals surface area contributed by atoms with Crippen molar-refractivity contribution in [2.24, 2.45) is 0 Å². The first-order valence-electron chi connectivity index (χ1n) is 12.2. The van der Waals surface area contributed by atoms with Gasteiger partial charge in [-0.15, -0.1) is 10.2 Å². The number of hydrogen-bond donors (Lipinski definition) is 0. The molecule has 2 fully saturated rings. The highest BCUT2D eigenvalue weighted by atomic mass is 16.5. The summed E-state index contributed by atoms with van der Waals surface area (Å²) >= 11 is 0. The van der Waals surface area contributed by atoms with Crippen LogP contribution in [-0.2, 0) is 16.1 Å². The fraction of sp³-hybridized carbons (Fsp3) is 0.462. The molecule has 2 amide bonds. The molecular weight excluding hydrogens is 430 g/mol. The fourth-order valence-electron chi connectivity index (χ4n) is 5.88. The van der Waals surface area contributed by atoms with Gasteiger partial charge in [0.15, 0.2) is 5.65 Å². The van der Waals surface area contributed by atoms with Crippen molar-refractivity contribution in [2.45, 2.75) is 50.1 Å². The topological polar surface area (TPSA) is 80.0 Å². The maximum Gasteiger partial charge on any atom is 0.254 e. The summed E-state index contributed by atoms with van der Waals surface area (Å²) in [5, 5.41) is 8.74. The van der Waals surface area contributed by atoms with Crippen molar-refractivity contribution in [3.8, 4) is 0 Å². The monoisotopic (exact) mass is 459 g/mol. The molecule has 8 heteroatoms. The van der Waals surface area contributed by atoms with Gasteiger partial charge in [0.25, 0.3) is 5.91 Å². The van der Waals surface area contributed by atoms with Crippen LogP contribution in [0.2, 0.25) is 0 Å². The summed E-state index contributed by atoms with van der Waals surface area (Å²) in [4.78, 5) is 30.9. The fourth-order valence-corrected chi connectivity index (χ4v) is 5.88. The largest absolute Gasteiger partial charge is 0.381 e. The van der Waals surface area contributed by atoms with Crippen LogP contribution in [0.3, 0.4) is 0 Å². The van der Waals surface area contributed by atoms with Gasteiger partial charge in [0.1, 0.15) is 5.82 Å². The lowest BCUT2D eigenvalue weighted by Crippen LogP contribution is -2.55. The average Bonchev–Trinajstić information content (AvgIpc) is 3.47. The molecule has 6 rings (SSSR count). The average molecular weight is 460 g/mol. The van der Waals surface area contributed by atoms with Crippen molar-refractivity contribution in [2.75, 3.05) is 26.3 Å². The molecule has 3 aliphatic rings. The smallest absolute Gasteiger partial charge is 0.254 e. The molecule has 1 unspecified atom stereocenters. The summed E-state index contributed by atoms with van der Waals surface area (Å²) in [7, 11) is 0. The van der Waals surface area contributed by atoms with Gasteiger partial charge in [-0.05, 0) is 49.4 Å². The lowest BCUT2D eigenvalue weighted by Gasteiger charge is -2.45. The summed E-state index contributed by atoms with van der Waals surface area (Å²) in [5.74, 6) is 1.22. The number of ether oxygens (including phenoxy) is 1. The van der Waals surface area contributed by atoms with Crippen LogP contribution in [0.25, 0.3) is 5.65 Å². The third-order valence-corrected chi connectivity index (χ3v) is 7.78. The highest BCUT2D eigenvalue weighted by Crippen LogP contribution is 2.39. The highest BCUT2D eigenvalue weighted by molar-refractivity contribution is 5.99. The number of hydrogen-bond acceptors (Lipinski definition) is 5. The van der Waals surface area contributed by atoms with Crippen molar-refractivity contribution in [3.63, 3.8) is 0 Å². The molecule has 2 aromatic heterocycles. The van der Waals surface area contributed by atoms with E-state index in [2.05, 4.69) is 10.2 Å². The molecule has 176 valence electrons. The Bertz CT molecular complexity index is 1230. The first-order chi connectivity index (χ1) is 16.6. The summed E-state index contributed by atoms with van der Waals surface area (Å²) in [6.07, 6.45) is 5.61. The Morgan fingerprint density at radius 1 is 1.09 bits per heavy atom. The van der Waals surface area contributed by atoms with Crippen LogP contribution in [0.1, 0.15) is 59.8 Å². The Balaban J connectivity index is 1.22. The number of carbonyl (C=O) groups excluding carboxylic acids is 2. The molecule has 3 aromatic rings. The number of carbonyl (C=O) groups is 2. The quantitative estimate of drug-likeness (QED) is 0.599. The standard InChI is InChI=1S/C26H29N5O3/c32-23(29-12-5-7-20(17-29)24-28-27-22-9-3-4-13-30(22)24)16-26(10-14-34-15-11-26)31-18-19-6-1-2-8-21(19)25(31)33/h1-4,6,8-9,13,20H,5,7,10-12,14-18H2. The second-order valence-corrected chi connectivity index (χ2v) is 9.73. The van der Waals surface area contributed by atoms with Crippen LogP contribution in [-0.4, -0.2) is 68.1 Å². The molecule has 34 heavy (non-hydrogen) atoms. The maximum absolute atomic E-state index is 13.7. The van der Waals surface area contributed by atoms with Gasteiger partial charge in [-0.3, -0.25) is 14.0 Å². The van der Waals surface area contributed by atoms with E-state index in [-0.39, 0.29) is 17.7 Å². The number of likely N-dealkylation sites (tertiary alicyclic amines) is 1. The van der Waals surface area contributed by atoms with Crippen LogP contribution in [0, 0.1) is 0 Å². The predicted molar refractivity (Wildman–Crippen MR) is 125 cm³/mol. The van der Waals surface area contributed by atoms with E-state index < -0.39 is 5.54 Å². The first-order valence-corrected chi connectivity index (χ1v) is 12.2. The molecule has 0 N–H and O–H groups in total. The lowest BCUT2D eigenvalue weighted by atomic mass is 9.83. The molecule has 2 saturated heterocycles. The molecule has 0 saturated carbocycles.